The van der Waals surface area contributed by atoms with Crippen LogP contribution in [0.1, 0.15) is 51.4 Å². The monoisotopic (exact) mass is 388 g/mol. The van der Waals surface area contributed by atoms with Gasteiger partial charge in [0.15, 0.2) is 6.10 Å². The summed E-state index contributed by atoms with van der Waals surface area (Å²) in [4.78, 5) is 33.2. The molecule has 3 N–H and O–H groups in total. The first kappa shape index (κ1) is 25.1. The molecule has 8 heteroatoms. The minimum absolute atomic E-state index is 0.144. The zero-order valence-corrected chi connectivity index (χ0v) is 16.6. The van der Waals surface area contributed by atoms with Gasteiger partial charge in [-0.3, -0.25) is 9.59 Å². The molecule has 0 aliphatic carbocycles. The van der Waals surface area contributed by atoms with Gasteiger partial charge in [0, 0.05) is 6.08 Å². The molecule has 0 aliphatic rings. The molecule has 0 saturated heterocycles. The van der Waals surface area contributed by atoms with Crippen molar-refractivity contribution in [2.24, 2.45) is 0 Å². The lowest BCUT2D eigenvalue weighted by molar-refractivity contribution is -0.873. The molecular formula is C19H34NO7+. The smallest absolute Gasteiger partial charge is 0.327 e. The van der Waals surface area contributed by atoms with Crippen LogP contribution >= 0.6 is 0 Å². The number of esters is 1. The molecule has 0 fully saturated rings. The number of carboxylic acids is 2. The van der Waals surface area contributed by atoms with E-state index in [-0.39, 0.29) is 12.8 Å². The topological polar surface area (TPSA) is 121 Å². The van der Waals surface area contributed by atoms with E-state index < -0.39 is 30.1 Å². The highest BCUT2D eigenvalue weighted by Gasteiger charge is 2.25. The van der Waals surface area contributed by atoms with Crippen LogP contribution in [-0.2, 0) is 19.1 Å². The van der Waals surface area contributed by atoms with Gasteiger partial charge in [0.2, 0.25) is 0 Å². The Morgan fingerprint density at radius 2 is 1.63 bits per heavy atom. The van der Waals surface area contributed by atoms with Gasteiger partial charge in [0.1, 0.15) is 6.54 Å². The number of nitrogens with zero attached hydrogens (tertiary/aromatic N) is 1. The number of aliphatic carboxylic acids is 2. The number of aliphatic hydroxyl groups is 1. The van der Waals surface area contributed by atoms with Crippen LogP contribution in [0.4, 0.5) is 0 Å². The molecule has 0 radical (unpaired) electrons. The lowest BCUT2D eigenvalue weighted by Gasteiger charge is -2.28. The first-order chi connectivity index (χ1) is 12.5. The zero-order valence-electron chi connectivity index (χ0n) is 16.6. The number of hydrogen-bond donors (Lipinski definition) is 3. The lowest BCUT2D eigenvalue weighted by atomic mass is 10.1. The van der Waals surface area contributed by atoms with Crippen molar-refractivity contribution in [2.75, 3.05) is 27.7 Å². The number of allylic oxidation sites excluding steroid dienone is 1. The number of carbonyl (C=O) groups excluding carboxylic acids is 1. The Hall–Kier alpha value is -1.93. The molecule has 0 rings (SSSR count). The Morgan fingerprint density at radius 3 is 2.19 bits per heavy atom. The van der Waals surface area contributed by atoms with Crippen LogP contribution in [0.3, 0.4) is 0 Å². The van der Waals surface area contributed by atoms with Crippen LogP contribution < -0.4 is 0 Å². The van der Waals surface area contributed by atoms with Gasteiger partial charge in [-0.1, -0.05) is 25.3 Å². The third-order valence-electron chi connectivity index (χ3n) is 3.77. The van der Waals surface area contributed by atoms with Crippen molar-refractivity contribution in [3.8, 4) is 0 Å². The van der Waals surface area contributed by atoms with E-state index in [1.54, 1.807) is 6.08 Å². The average molecular weight is 388 g/mol. The predicted molar refractivity (Wildman–Crippen MR) is 100 cm³/mol. The van der Waals surface area contributed by atoms with Gasteiger partial charge >= 0.3 is 17.9 Å². The van der Waals surface area contributed by atoms with Crippen LogP contribution in [0, 0.1) is 0 Å². The van der Waals surface area contributed by atoms with Crippen LogP contribution in [0.5, 0.6) is 0 Å². The number of ether oxygens (including phenoxy) is 1. The molecule has 0 spiro atoms. The Labute approximate surface area is 161 Å². The summed E-state index contributed by atoms with van der Waals surface area (Å²) in [6, 6.07) is 0. The number of likely N-dealkylation sites (N-methyl/N-ethyl adjacent to an activating group) is 1. The van der Waals surface area contributed by atoms with Crippen molar-refractivity contribution < 1.29 is 38.9 Å². The number of unbranched alkanes of at least 4 members (excludes halogenated alkanes) is 4. The van der Waals surface area contributed by atoms with Gasteiger partial charge in [-0.2, -0.15) is 0 Å². The highest BCUT2D eigenvalue weighted by molar-refractivity contribution is 5.79. The molecule has 0 aromatic rings. The van der Waals surface area contributed by atoms with E-state index in [4.69, 9.17) is 14.9 Å². The van der Waals surface area contributed by atoms with Crippen molar-refractivity contribution >= 4 is 17.9 Å². The summed E-state index contributed by atoms with van der Waals surface area (Å²) in [5.74, 6) is -2.56. The van der Waals surface area contributed by atoms with Gasteiger partial charge in [-0.15, -0.1) is 0 Å². The fourth-order valence-electron chi connectivity index (χ4n) is 2.66. The molecule has 0 aromatic heterocycles. The van der Waals surface area contributed by atoms with Crippen LogP contribution in [0.25, 0.3) is 0 Å². The van der Waals surface area contributed by atoms with E-state index in [0.29, 0.717) is 23.9 Å². The summed E-state index contributed by atoms with van der Waals surface area (Å²) in [6.07, 6.45) is 5.45. The number of carbonyl (C=O) groups is 3. The SMILES string of the molecule is C[N+](C)(C)CC(CC(=O)O)OC(=O)CC(O)CCCCCC/C=C/C(=O)O. The first-order valence-electron chi connectivity index (χ1n) is 9.29. The number of quaternary nitrogens is 1. The number of rotatable bonds is 15. The van der Waals surface area contributed by atoms with Gasteiger partial charge in [-0.25, -0.2) is 4.79 Å². The van der Waals surface area contributed by atoms with Crippen molar-refractivity contribution in [1.82, 2.24) is 0 Å². The van der Waals surface area contributed by atoms with E-state index in [2.05, 4.69) is 0 Å². The number of aliphatic hydroxyl groups excluding tert-OH is 1. The van der Waals surface area contributed by atoms with E-state index in [9.17, 15) is 19.5 Å². The summed E-state index contributed by atoms with van der Waals surface area (Å²) in [5, 5.41) is 27.4. The minimum Gasteiger partial charge on any atom is -0.481 e. The quantitative estimate of drug-likeness (QED) is 0.169. The molecule has 8 nitrogen and oxygen atoms in total. The first-order valence-corrected chi connectivity index (χ1v) is 9.29. The molecule has 0 saturated carbocycles. The molecule has 156 valence electrons. The van der Waals surface area contributed by atoms with E-state index in [0.717, 1.165) is 31.8 Å². The third kappa shape index (κ3) is 17.3. The van der Waals surface area contributed by atoms with Crippen LogP contribution in [-0.4, -0.2) is 77.6 Å². The Kier molecular flexibility index (Phi) is 12.3. The second-order valence-corrected chi connectivity index (χ2v) is 7.77. The van der Waals surface area contributed by atoms with E-state index in [1.807, 2.05) is 21.1 Å². The second kappa shape index (κ2) is 13.3. The molecule has 2 atom stereocenters. The number of carboxylic acid groups (broad SMARTS) is 2. The van der Waals surface area contributed by atoms with Gasteiger partial charge < -0.3 is 24.5 Å². The van der Waals surface area contributed by atoms with Crippen molar-refractivity contribution in [3.63, 3.8) is 0 Å². The Bertz CT molecular complexity index is 497. The maximum Gasteiger partial charge on any atom is 0.327 e. The average Bonchev–Trinajstić information content (AvgIpc) is 2.46. The van der Waals surface area contributed by atoms with E-state index in [1.165, 1.54) is 0 Å². The minimum atomic E-state index is -1.03. The summed E-state index contributed by atoms with van der Waals surface area (Å²) in [5.41, 5.74) is 0. The van der Waals surface area contributed by atoms with Crippen molar-refractivity contribution in [1.29, 1.82) is 0 Å². The fourth-order valence-corrected chi connectivity index (χ4v) is 2.66. The van der Waals surface area contributed by atoms with Gasteiger partial charge in [0.05, 0.1) is 40.1 Å². The molecule has 2 unspecified atom stereocenters. The second-order valence-electron chi connectivity index (χ2n) is 7.77. The highest BCUT2D eigenvalue weighted by Crippen LogP contribution is 2.12. The summed E-state index contributed by atoms with van der Waals surface area (Å²) in [6.45, 7) is 0.379. The predicted octanol–water partition coefficient (Wildman–Crippen LogP) is 1.81. The maximum absolute atomic E-state index is 12.0. The molecular weight excluding hydrogens is 354 g/mol. The van der Waals surface area contributed by atoms with Crippen LogP contribution in [0.15, 0.2) is 12.2 Å². The highest BCUT2D eigenvalue weighted by atomic mass is 16.5. The Balaban J connectivity index is 4.03. The standard InChI is InChI=1S/C19H33NO7/c1-20(2,3)14-16(13-18(24)25)27-19(26)12-15(21)10-8-6-4-5-7-9-11-17(22)23/h9,11,15-16,21H,4-8,10,12-14H2,1-3H3,(H-,22,23,24,25)/p+1/b11-9+. The molecule has 0 bridgehead atoms. The molecule has 27 heavy (non-hydrogen) atoms. The van der Waals surface area contributed by atoms with Crippen LogP contribution in [0.2, 0.25) is 0 Å². The zero-order chi connectivity index (χ0) is 20.9. The fraction of sp³-hybridized carbons (Fsp3) is 0.737. The third-order valence-corrected chi connectivity index (χ3v) is 3.77. The van der Waals surface area contributed by atoms with E-state index >= 15 is 0 Å². The lowest BCUT2D eigenvalue weighted by Crippen LogP contribution is -2.44. The maximum atomic E-state index is 12.0. The summed E-state index contributed by atoms with van der Waals surface area (Å²) >= 11 is 0. The largest absolute Gasteiger partial charge is 0.481 e. The Morgan fingerprint density at radius 1 is 1.00 bits per heavy atom. The van der Waals surface area contributed by atoms with Crippen molar-refractivity contribution in [2.45, 2.75) is 63.6 Å². The molecule has 0 heterocycles. The molecule has 0 aliphatic heterocycles. The normalized spacial score (nSPS) is 14.1. The summed E-state index contributed by atoms with van der Waals surface area (Å²) in [7, 11) is 5.65. The van der Waals surface area contributed by atoms with Gasteiger partial charge in [0.25, 0.3) is 0 Å². The summed E-state index contributed by atoms with van der Waals surface area (Å²) < 4.78 is 5.72. The number of hydrogen-bond acceptors (Lipinski definition) is 5. The molecule has 0 aromatic carbocycles. The molecule has 0 amide bonds. The van der Waals surface area contributed by atoms with Crippen molar-refractivity contribution in [3.05, 3.63) is 12.2 Å². The van der Waals surface area contributed by atoms with Gasteiger partial charge in [-0.05, 0) is 19.3 Å².